The van der Waals surface area contributed by atoms with Crippen molar-refractivity contribution in [2.45, 2.75) is 25.1 Å². The van der Waals surface area contributed by atoms with Gasteiger partial charge in [-0.15, -0.1) is 0 Å². The summed E-state index contributed by atoms with van der Waals surface area (Å²) >= 11 is 0. The number of halogens is 4. The Hall–Kier alpha value is -3.23. The largest absolute Gasteiger partial charge is 0.416 e. The summed E-state index contributed by atoms with van der Waals surface area (Å²) in [5.41, 5.74) is 0.0214. The number of aromatic nitrogens is 2. The summed E-state index contributed by atoms with van der Waals surface area (Å²) in [7, 11) is 0. The van der Waals surface area contributed by atoms with Crippen LogP contribution in [0.3, 0.4) is 0 Å². The van der Waals surface area contributed by atoms with E-state index in [2.05, 4.69) is 10.1 Å². The van der Waals surface area contributed by atoms with E-state index in [-0.39, 0.29) is 42.3 Å². The summed E-state index contributed by atoms with van der Waals surface area (Å²) in [5, 5.41) is 3.81. The first-order valence-electron chi connectivity index (χ1n) is 8.83. The number of hydrogen-bond donors (Lipinski definition) is 0. The van der Waals surface area contributed by atoms with Gasteiger partial charge in [0.25, 0.3) is 0 Å². The highest BCUT2D eigenvalue weighted by atomic mass is 19.4. The minimum Gasteiger partial charge on any atom is -0.339 e. The maximum atomic E-state index is 13.8. The second-order valence-electron chi connectivity index (χ2n) is 6.80. The third kappa shape index (κ3) is 3.98. The van der Waals surface area contributed by atoms with E-state index in [1.165, 1.54) is 23.1 Å². The number of likely N-dealkylation sites (tertiary alicyclic amines) is 1. The molecule has 0 bridgehead atoms. The molecule has 1 aliphatic heterocycles. The van der Waals surface area contributed by atoms with Gasteiger partial charge in [0.05, 0.1) is 11.5 Å². The molecule has 3 aromatic rings. The van der Waals surface area contributed by atoms with Crippen molar-refractivity contribution >= 4 is 5.91 Å². The summed E-state index contributed by atoms with van der Waals surface area (Å²) in [4.78, 5) is 18.0. The molecule has 1 aliphatic rings. The smallest absolute Gasteiger partial charge is 0.339 e. The number of nitrogens with zero attached hydrogens (tertiary/aromatic N) is 3. The third-order valence-electron chi connectivity index (χ3n) is 4.79. The predicted octanol–water partition coefficient (Wildman–Crippen LogP) is 4.41. The van der Waals surface area contributed by atoms with Crippen LogP contribution >= 0.6 is 0 Å². The number of carbonyl (C=O) groups is 1. The summed E-state index contributed by atoms with van der Waals surface area (Å²) < 4.78 is 57.1. The van der Waals surface area contributed by atoms with Crippen LogP contribution in [0.1, 0.15) is 29.4 Å². The molecule has 9 heteroatoms. The lowest BCUT2D eigenvalue weighted by Gasteiger charge is -2.16. The first kappa shape index (κ1) is 19.1. The molecular weight excluding hydrogens is 390 g/mol. The van der Waals surface area contributed by atoms with Gasteiger partial charge in [-0.2, -0.15) is 18.2 Å². The van der Waals surface area contributed by atoms with E-state index in [0.717, 1.165) is 12.1 Å². The first-order chi connectivity index (χ1) is 13.8. The van der Waals surface area contributed by atoms with E-state index >= 15 is 0 Å². The minimum absolute atomic E-state index is 0.141. The summed E-state index contributed by atoms with van der Waals surface area (Å²) in [6.45, 7) is 0.434. The second kappa shape index (κ2) is 7.31. The van der Waals surface area contributed by atoms with Gasteiger partial charge in [-0.3, -0.25) is 4.79 Å². The number of hydrogen-bond acceptors (Lipinski definition) is 4. The molecule has 1 aromatic heterocycles. The zero-order valence-corrected chi connectivity index (χ0v) is 15.0. The van der Waals surface area contributed by atoms with Crippen LogP contribution < -0.4 is 0 Å². The normalized spacial score (nSPS) is 17.2. The zero-order chi connectivity index (χ0) is 20.6. The summed E-state index contributed by atoms with van der Waals surface area (Å²) in [6, 6.07) is 10.6. The van der Waals surface area contributed by atoms with Gasteiger partial charge in [-0.25, -0.2) is 4.39 Å². The van der Waals surface area contributed by atoms with Gasteiger partial charge in [0.15, 0.2) is 0 Å². The van der Waals surface area contributed by atoms with E-state index in [1.807, 2.05) is 0 Å². The van der Waals surface area contributed by atoms with E-state index in [1.54, 1.807) is 18.2 Å². The van der Waals surface area contributed by atoms with Crippen LogP contribution in [0.5, 0.6) is 0 Å². The van der Waals surface area contributed by atoms with E-state index in [9.17, 15) is 22.4 Å². The van der Waals surface area contributed by atoms with Gasteiger partial charge in [0.1, 0.15) is 5.82 Å². The Morgan fingerprint density at radius 1 is 1.10 bits per heavy atom. The van der Waals surface area contributed by atoms with Crippen LogP contribution in [0.4, 0.5) is 17.6 Å². The fraction of sp³-hybridized carbons (Fsp3) is 0.250. The van der Waals surface area contributed by atoms with Crippen molar-refractivity contribution in [1.29, 1.82) is 0 Å². The molecule has 0 radical (unpaired) electrons. The van der Waals surface area contributed by atoms with Crippen molar-refractivity contribution in [2.24, 2.45) is 0 Å². The molecule has 150 valence electrons. The van der Waals surface area contributed by atoms with Crippen molar-refractivity contribution in [3.8, 4) is 11.4 Å². The maximum Gasteiger partial charge on any atom is 0.416 e. The lowest BCUT2D eigenvalue weighted by atomic mass is 10.1. The maximum absolute atomic E-state index is 13.8. The molecule has 2 aromatic carbocycles. The topological polar surface area (TPSA) is 59.2 Å². The van der Waals surface area contributed by atoms with E-state index in [4.69, 9.17) is 4.52 Å². The molecular formula is C20H15F4N3O2. The van der Waals surface area contributed by atoms with Gasteiger partial charge < -0.3 is 9.42 Å². The summed E-state index contributed by atoms with van der Waals surface area (Å²) in [6.07, 6.45) is -4.28. The molecule has 0 spiro atoms. The Labute approximate surface area is 162 Å². The molecule has 5 nitrogen and oxygen atoms in total. The molecule has 1 atom stereocenters. The molecule has 1 amide bonds. The van der Waals surface area contributed by atoms with Crippen LogP contribution in [0.15, 0.2) is 53.1 Å². The Morgan fingerprint density at radius 3 is 2.52 bits per heavy atom. The molecule has 1 fully saturated rings. The van der Waals surface area contributed by atoms with Gasteiger partial charge in [0, 0.05) is 30.6 Å². The highest BCUT2D eigenvalue weighted by Crippen LogP contribution is 2.32. The Kier molecular flexibility index (Phi) is 4.81. The second-order valence-corrected chi connectivity index (χ2v) is 6.80. The number of rotatable bonds is 4. The van der Waals surface area contributed by atoms with Crippen molar-refractivity contribution in [3.05, 3.63) is 71.4 Å². The average Bonchev–Trinajstić information content (AvgIpc) is 3.30. The highest BCUT2D eigenvalue weighted by Gasteiger charge is 2.35. The molecule has 29 heavy (non-hydrogen) atoms. The van der Waals surface area contributed by atoms with Crippen molar-refractivity contribution in [3.63, 3.8) is 0 Å². The van der Waals surface area contributed by atoms with Crippen LogP contribution in [0.2, 0.25) is 0 Å². The quantitative estimate of drug-likeness (QED) is 0.604. The number of benzene rings is 2. The minimum atomic E-state index is -4.42. The molecule has 1 saturated heterocycles. The lowest BCUT2D eigenvalue weighted by molar-refractivity contribution is -0.137. The van der Waals surface area contributed by atoms with E-state index in [0.29, 0.717) is 17.7 Å². The molecule has 0 aliphatic carbocycles. The lowest BCUT2D eigenvalue weighted by Crippen LogP contribution is -2.24. The SMILES string of the molecule is O=C1CC(c2nc(-c3ccc(C(F)(F)F)cc3)no2)CN1Cc1ccccc1F. The van der Waals surface area contributed by atoms with Gasteiger partial charge in [-0.1, -0.05) is 35.5 Å². The molecule has 1 unspecified atom stereocenters. The standard InChI is InChI=1S/C20H15F4N3O2/c21-16-4-2-1-3-13(16)10-27-11-14(9-17(27)28)19-25-18(26-29-19)12-5-7-15(8-6-12)20(22,23)24/h1-8,14H,9-11H2. The fourth-order valence-electron chi connectivity index (χ4n) is 3.25. The van der Waals surface area contributed by atoms with Crippen molar-refractivity contribution in [2.75, 3.05) is 6.54 Å². The highest BCUT2D eigenvalue weighted by molar-refractivity contribution is 5.79. The molecule has 0 saturated carbocycles. The summed E-state index contributed by atoms with van der Waals surface area (Å²) in [5.74, 6) is -0.526. The average molecular weight is 405 g/mol. The van der Waals surface area contributed by atoms with Crippen LogP contribution in [0, 0.1) is 5.82 Å². The van der Waals surface area contributed by atoms with Gasteiger partial charge in [-0.05, 0) is 18.2 Å². The Balaban J connectivity index is 1.47. The van der Waals surface area contributed by atoms with Crippen LogP contribution in [-0.4, -0.2) is 27.5 Å². The fourth-order valence-corrected chi connectivity index (χ4v) is 3.25. The van der Waals surface area contributed by atoms with Gasteiger partial charge >= 0.3 is 6.18 Å². The van der Waals surface area contributed by atoms with Crippen LogP contribution in [-0.2, 0) is 17.5 Å². The first-order valence-corrected chi connectivity index (χ1v) is 8.83. The molecule has 4 rings (SSSR count). The number of carbonyl (C=O) groups excluding carboxylic acids is 1. The molecule has 2 heterocycles. The Bertz CT molecular complexity index is 1030. The third-order valence-corrected chi connectivity index (χ3v) is 4.79. The predicted molar refractivity (Wildman–Crippen MR) is 93.9 cm³/mol. The Morgan fingerprint density at radius 2 is 1.83 bits per heavy atom. The van der Waals surface area contributed by atoms with Crippen molar-refractivity contribution in [1.82, 2.24) is 15.0 Å². The number of amides is 1. The number of alkyl halides is 3. The van der Waals surface area contributed by atoms with E-state index < -0.39 is 11.7 Å². The van der Waals surface area contributed by atoms with Crippen LogP contribution in [0.25, 0.3) is 11.4 Å². The van der Waals surface area contributed by atoms with Gasteiger partial charge in [0.2, 0.25) is 17.6 Å². The zero-order valence-electron chi connectivity index (χ0n) is 15.0. The monoisotopic (exact) mass is 405 g/mol. The molecule has 0 N–H and O–H groups in total. The van der Waals surface area contributed by atoms with Crippen molar-refractivity contribution < 1.29 is 26.9 Å².